The zero-order valence-electron chi connectivity index (χ0n) is 14.3. The van der Waals surface area contributed by atoms with E-state index in [9.17, 15) is 5.21 Å². The van der Waals surface area contributed by atoms with E-state index in [1.54, 1.807) is 36.4 Å². The van der Waals surface area contributed by atoms with Crippen LogP contribution in [0.2, 0.25) is 5.02 Å². The van der Waals surface area contributed by atoms with Crippen molar-refractivity contribution in [2.45, 2.75) is 6.42 Å². The van der Waals surface area contributed by atoms with Gasteiger partial charge in [0.05, 0.1) is 5.56 Å². The first-order valence-electron chi connectivity index (χ1n) is 8.51. The topological polar surface area (TPSA) is 98.2 Å². The predicted molar refractivity (Wildman–Crippen MR) is 102 cm³/mol. The quantitative estimate of drug-likeness (QED) is 0.601. The van der Waals surface area contributed by atoms with Gasteiger partial charge in [-0.1, -0.05) is 16.8 Å². The molecule has 1 aliphatic heterocycles. The van der Waals surface area contributed by atoms with Crippen LogP contribution in [-0.4, -0.2) is 29.3 Å². The van der Waals surface area contributed by atoms with Crippen molar-refractivity contribution in [3.63, 3.8) is 0 Å². The van der Waals surface area contributed by atoms with E-state index in [1.807, 2.05) is 12.1 Å². The van der Waals surface area contributed by atoms with E-state index in [4.69, 9.17) is 21.3 Å². The molecule has 1 atom stereocenters. The standard InChI is InChI=1S/C19H17ClN4O3/c20-14-6-2-13(3-7-14)18-16(19-21-10-1-11-22-19)17(23-27-18)12-4-8-15(9-5-12)24(25)26/h2-9,24-25H,1,10-11H2,(H,21,22). The third-order valence-corrected chi connectivity index (χ3v) is 4.59. The number of aliphatic imine (C=N–C) groups is 1. The van der Waals surface area contributed by atoms with E-state index < -0.39 is 5.23 Å². The summed E-state index contributed by atoms with van der Waals surface area (Å²) in [5, 5.41) is 27.4. The Morgan fingerprint density at radius 2 is 1.78 bits per heavy atom. The van der Waals surface area contributed by atoms with Gasteiger partial charge in [0.1, 0.15) is 11.5 Å². The normalized spacial score (nSPS) is 15.1. The van der Waals surface area contributed by atoms with Crippen molar-refractivity contribution < 1.29 is 15.0 Å². The van der Waals surface area contributed by atoms with E-state index >= 15 is 0 Å². The van der Waals surface area contributed by atoms with Crippen molar-refractivity contribution in [2.75, 3.05) is 13.1 Å². The van der Waals surface area contributed by atoms with Gasteiger partial charge in [-0.25, -0.2) is 5.21 Å². The summed E-state index contributed by atoms with van der Waals surface area (Å²) in [4.78, 5) is 4.59. The Morgan fingerprint density at radius 1 is 1.07 bits per heavy atom. The van der Waals surface area contributed by atoms with E-state index in [2.05, 4.69) is 15.5 Å². The second-order valence-electron chi connectivity index (χ2n) is 6.14. The van der Waals surface area contributed by atoms with Gasteiger partial charge in [0.15, 0.2) is 11.4 Å². The van der Waals surface area contributed by atoms with Crippen molar-refractivity contribution >= 4 is 23.1 Å². The molecule has 0 spiro atoms. The molecular weight excluding hydrogens is 368 g/mol. The smallest absolute Gasteiger partial charge is 0.178 e. The second-order valence-corrected chi connectivity index (χ2v) is 6.57. The van der Waals surface area contributed by atoms with Crippen molar-refractivity contribution in [3.05, 3.63) is 64.3 Å². The first kappa shape index (κ1) is 17.7. The Hall–Kier alpha value is -2.71. The van der Waals surface area contributed by atoms with Gasteiger partial charge in [-0.3, -0.25) is 4.99 Å². The number of amidine groups is 1. The molecule has 138 valence electrons. The Bertz CT molecular complexity index is 966. The second kappa shape index (κ2) is 7.50. The number of benzene rings is 2. The zero-order valence-corrected chi connectivity index (χ0v) is 15.0. The van der Waals surface area contributed by atoms with Gasteiger partial charge in [0.25, 0.3) is 0 Å². The fourth-order valence-corrected chi connectivity index (χ4v) is 3.10. The van der Waals surface area contributed by atoms with E-state index in [0.29, 0.717) is 16.5 Å². The highest BCUT2D eigenvalue weighted by Gasteiger charge is 2.24. The highest BCUT2D eigenvalue weighted by atomic mass is 35.5. The summed E-state index contributed by atoms with van der Waals surface area (Å²) in [6, 6.07) is 13.9. The van der Waals surface area contributed by atoms with Crippen LogP contribution in [0.4, 0.5) is 5.69 Å². The lowest BCUT2D eigenvalue weighted by atomic mass is 10.0. The molecule has 1 aliphatic rings. The van der Waals surface area contributed by atoms with Crippen LogP contribution in [0, 0.1) is 5.21 Å². The Labute approximate surface area is 160 Å². The van der Waals surface area contributed by atoms with Crippen LogP contribution >= 0.6 is 11.6 Å². The predicted octanol–water partition coefficient (Wildman–Crippen LogP) is 2.81. The Morgan fingerprint density at radius 3 is 2.41 bits per heavy atom. The molecule has 0 radical (unpaired) electrons. The minimum Gasteiger partial charge on any atom is -0.595 e. The Kier molecular flexibility index (Phi) is 4.91. The maximum Gasteiger partial charge on any atom is 0.178 e. The molecule has 7 nitrogen and oxygen atoms in total. The highest BCUT2D eigenvalue weighted by molar-refractivity contribution is 6.30. The summed E-state index contributed by atoms with van der Waals surface area (Å²) >= 11 is 6.00. The van der Waals surface area contributed by atoms with Gasteiger partial charge < -0.3 is 15.0 Å². The van der Waals surface area contributed by atoms with Crippen LogP contribution in [0.25, 0.3) is 22.6 Å². The number of nitrogens with one attached hydrogen (secondary N) is 2. The summed E-state index contributed by atoms with van der Waals surface area (Å²) in [5.41, 5.74) is 3.19. The lowest BCUT2D eigenvalue weighted by Gasteiger charge is -2.15. The zero-order chi connectivity index (χ0) is 18.8. The number of quaternary nitrogens is 1. The maximum absolute atomic E-state index is 11.1. The molecule has 8 heteroatoms. The van der Waals surface area contributed by atoms with Gasteiger partial charge in [0.2, 0.25) is 0 Å². The maximum atomic E-state index is 11.1. The monoisotopic (exact) mass is 384 g/mol. The third-order valence-electron chi connectivity index (χ3n) is 4.34. The first-order valence-corrected chi connectivity index (χ1v) is 8.89. The largest absolute Gasteiger partial charge is 0.595 e. The van der Waals surface area contributed by atoms with E-state index in [1.165, 1.54) is 0 Å². The van der Waals surface area contributed by atoms with Crippen LogP contribution < -0.4 is 10.5 Å². The van der Waals surface area contributed by atoms with Crippen LogP contribution in [0.5, 0.6) is 0 Å². The summed E-state index contributed by atoms with van der Waals surface area (Å²) in [6.07, 6.45) is 0.966. The number of aromatic nitrogens is 1. The fraction of sp³-hybridized carbons (Fsp3) is 0.158. The molecule has 27 heavy (non-hydrogen) atoms. The molecule has 3 aromatic rings. The molecular formula is C19H17ClN4O3. The fourth-order valence-electron chi connectivity index (χ4n) is 2.98. The van der Waals surface area contributed by atoms with Crippen LogP contribution in [0.15, 0.2) is 58.0 Å². The third kappa shape index (κ3) is 3.58. The average Bonchev–Trinajstić information content (AvgIpc) is 3.14. The highest BCUT2D eigenvalue weighted by Crippen LogP contribution is 2.33. The number of rotatable bonds is 4. The number of hydrogen-bond donors (Lipinski definition) is 3. The summed E-state index contributed by atoms with van der Waals surface area (Å²) in [5.74, 6) is 1.32. The van der Waals surface area contributed by atoms with E-state index in [-0.39, 0.29) is 5.69 Å². The van der Waals surface area contributed by atoms with Crippen molar-refractivity contribution in [1.82, 2.24) is 10.5 Å². The van der Waals surface area contributed by atoms with Gasteiger partial charge in [-0.15, -0.1) is 0 Å². The van der Waals surface area contributed by atoms with Gasteiger partial charge in [-0.2, -0.15) is 5.23 Å². The molecule has 1 unspecified atom stereocenters. The van der Waals surface area contributed by atoms with E-state index in [0.717, 1.165) is 42.0 Å². The number of hydrogen-bond acceptors (Lipinski definition) is 6. The van der Waals surface area contributed by atoms with Gasteiger partial charge >= 0.3 is 0 Å². The summed E-state index contributed by atoms with van der Waals surface area (Å²) in [6.45, 7) is 1.55. The molecule has 0 aliphatic carbocycles. The van der Waals surface area contributed by atoms with Crippen LogP contribution in [0.3, 0.4) is 0 Å². The first-order chi connectivity index (χ1) is 13.1. The average molecular weight is 385 g/mol. The number of nitrogens with zero attached hydrogens (tertiary/aromatic N) is 2. The SMILES string of the molecule is [O-][NH+](O)c1ccc(-c2noc(-c3ccc(Cl)cc3)c2C2=NCCCN2)cc1. The lowest BCUT2D eigenvalue weighted by molar-refractivity contribution is -0.991. The minimum atomic E-state index is -0.970. The van der Waals surface area contributed by atoms with Gasteiger partial charge in [0, 0.05) is 41.4 Å². The molecule has 0 bridgehead atoms. The van der Waals surface area contributed by atoms with Crippen LogP contribution in [-0.2, 0) is 0 Å². The molecule has 0 saturated carbocycles. The summed E-state index contributed by atoms with van der Waals surface area (Å²) in [7, 11) is 0. The van der Waals surface area contributed by atoms with Crippen molar-refractivity contribution in [3.8, 4) is 22.6 Å². The Balaban J connectivity index is 1.84. The molecule has 1 aromatic heterocycles. The number of halogens is 1. The lowest BCUT2D eigenvalue weighted by Crippen LogP contribution is -2.99. The minimum absolute atomic E-state index is 0.217. The molecule has 2 heterocycles. The van der Waals surface area contributed by atoms with Crippen LogP contribution in [0.1, 0.15) is 12.0 Å². The van der Waals surface area contributed by atoms with Gasteiger partial charge in [-0.05, 0) is 42.8 Å². The molecule has 4 rings (SSSR count). The molecule has 2 aromatic carbocycles. The van der Waals surface area contributed by atoms with Crippen molar-refractivity contribution in [2.24, 2.45) is 4.99 Å². The molecule has 0 amide bonds. The molecule has 3 N–H and O–H groups in total. The molecule has 0 fully saturated rings. The van der Waals surface area contributed by atoms with Crippen molar-refractivity contribution in [1.29, 1.82) is 0 Å². The summed E-state index contributed by atoms with van der Waals surface area (Å²) < 4.78 is 5.68. The molecule has 0 saturated heterocycles.